The fourth-order valence-electron chi connectivity index (χ4n) is 2.30. The third-order valence-electron chi connectivity index (χ3n) is 3.50. The first-order chi connectivity index (χ1) is 15.2. The van der Waals surface area contributed by atoms with Gasteiger partial charge in [0, 0.05) is 29.8 Å². The van der Waals surface area contributed by atoms with Crippen LogP contribution in [-0.2, 0) is 6.54 Å². The van der Waals surface area contributed by atoms with Gasteiger partial charge in [-0.15, -0.1) is 0 Å². The first-order valence-corrected chi connectivity index (χ1v) is 13.1. The van der Waals surface area contributed by atoms with Crippen molar-refractivity contribution in [3.63, 3.8) is 0 Å². The van der Waals surface area contributed by atoms with Crippen molar-refractivity contribution in [2.75, 3.05) is 0 Å². The van der Waals surface area contributed by atoms with Gasteiger partial charge in [-0.3, -0.25) is 0 Å². The topological polar surface area (TPSA) is 7.76 Å². The Morgan fingerprint density at radius 2 is 0.914 bits per heavy atom. The van der Waals surface area contributed by atoms with Crippen LogP contribution < -0.4 is 9.13 Å². The number of aromatic nitrogens is 2. The minimum atomic E-state index is -10.7. The van der Waals surface area contributed by atoms with E-state index in [2.05, 4.69) is 72.1 Å². The Kier molecular flexibility index (Phi) is 7.57. The fourth-order valence-corrected chi connectivity index (χ4v) is 2.30. The molecule has 2 heterocycles. The molecule has 0 spiro atoms. The number of benzene rings is 1. The predicted molar refractivity (Wildman–Crippen MR) is 111 cm³/mol. The molecule has 3 rings (SSSR count). The van der Waals surface area contributed by atoms with Gasteiger partial charge >= 0.3 is 66.0 Å². The van der Waals surface area contributed by atoms with Gasteiger partial charge in [0.15, 0.2) is 37.5 Å². The van der Waals surface area contributed by atoms with Crippen LogP contribution >= 0.6 is 15.6 Å². The Labute approximate surface area is 191 Å². The molecule has 2 nitrogen and oxygen atoms in total. The van der Waals surface area contributed by atoms with Crippen molar-refractivity contribution in [2.45, 2.75) is 6.54 Å². The van der Waals surface area contributed by atoms with E-state index in [1.54, 1.807) is 6.20 Å². The summed E-state index contributed by atoms with van der Waals surface area (Å²) in [7, 11) is -21.3. The van der Waals surface area contributed by atoms with Gasteiger partial charge in [0.25, 0.3) is 0 Å². The average molecular weight is 564 g/mol. The van der Waals surface area contributed by atoms with E-state index >= 15 is 0 Å². The van der Waals surface area contributed by atoms with Crippen molar-refractivity contribution >= 4 is 21.8 Å². The zero-order chi connectivity index (χ0) is 27.3. The molecule has 0 saturated heterocycles. The van der Waals surface area contributed by atoms with Crippen LogP contribution in [0.4, 0.5) is 50.4 Å². The number of hydrogen-bond acceptors (Lipinski definition) is 0. The van der Waals surface area contributed by atoms with E-state index in [1.807, 2.05) is 23.0 Å². The van der Waals surface area contributed by atoms with Gasteiger partial charge in [-0.25, -0.2) is 4.57 Å². The molecule has 0 N–H and O–H groups in total. The quantitative estimate of drug-likeness (QED) is 0.169. The summed E-state index contributed by atoms with van der Waals surface area (Å²) < 4.78 is 123. The second-order valence-corrected chi connectivity index (χ2v) is 10.7. The molecule has 0 saturated carbocycles. The molecule has 16 heteroatoms. The number of nitrogens with zero attached hydrogens (tertiary/aromatic N) is 2. The minimum absolute atomic E-state index is 0.895. The molecule has 1 aromatic carbocycles. The van der Waals surface area contributed by atoms with Gasteiger partial charge in [-0.05, 0) is 17.7 Å². The summed E-state index contributed by atoms with van der Waals surface area (Å²) in [5.41, 5.74) is 3.73. The molecular weight excluding hydrogens is 546 g/mol. The van der Waals surface area contributed by atoms with Crippen LogP contribution in [0.1, 0.15) is 5.56 Å². The van der Waals surface area contributed by atoms with Crippen LogP contribution in [0.15, 0.2) is 86.0 Å². The van der Waals surface area contributed by atoms with E-state index in [-0.39, 0.29) is 0 Å². The molecule has 0 aliphatic carbocycles. The molecule has 0 amide bonds. The average Bonchev–Trinajstić information content (AvgIpc) is 2.65. The van der Waals surface area contributed by atoms with Crippen LogP contribution in [0.25, 0.3) is 17.3 Å². The first kappa shape index (κ1) is 30.3. The van der Waals surface area contributed by atoms with Crippen LogP contribution in [0, 0.1) is 0 Å². The predicted octanol–water partition coefficient (Wildman–Crippen LogP) is 9.84. The Morgan fingerprint density at radius 3 is 1.26 bits per heavy atom. The fraction of sp³-hybridized carbons (Fsp3) is 0.0526. The third kappa shape index (κ3) is 21.5. The summed E-state index contributed by atoms with van der Waals surface area (Å²) in [6.45, 7) is 4.64. The van der Waals surface area contributed by atoms with Crippen molar-refractivity contribution in [2.24, 2.45) is 0 Å². The van der Waals surface area contributed by atoms with Gasteiger partial charge in [-0.2, -0.15) is 4.57 Å². The van der Waals surface area contributed by atoms with Crippen molar-refractivity contribution in [3.8, 4) is 11.1 Å². The van der Waals surface area contributed by atoms with Crippen LogP contribution in [0.2, 0.25) is 0 Å². The molecule has 3 aromatic rings. The van der Waals surface area contributed by atoms with Crippen LogP contribution in [0.5, 0.6) is 0 Å². The molecule has 0 atom stereocenters. The van der Waals surface area contributed by atoms with Gasteiger partial charge in [-0.1, -0.05) is 30.3 Å². The molecule has 0 radical (unpaired) electrons. The molecule has 35 heavy (non-hydrogen) atoms. The maximum absolute atomic E-state index is 10.7. The van der Waals surface area contributed by atoms with E-state index in [4.69, 9.17) is 0 Å². The summed E-state index contributed by atoms with van der Waals surface area (Å²) >= 11 is 0. The molecule has 0 bridgehead atoms. The van der Waals surface area contributed by atoms with Gasteiger partial charge < -0.3 is 0 Å². The molecule has 198 valence electrons. The van der Waals surface area contributed by atoms with Gasteiger partial charge in [0.2, 0.25) is 0 Å². The SMILES string of the molecule is C=C[n+]1ccc(-c2cc[n+](Cc3ccccc3)cc2)cc1.F[P-](F)(F)(F)(F)F.F[P-](F)(F)(F)(F)F. The Bertz CT molecular complexity index is 1080. The zero-order valence-electron chi connectivity index (χ0n) is 17.3. The van der Waals surface area contributed by atoms with Gasteiger partial charge in [0.05, 0.1) is 0 Å². The zero-order valence-corrected chi connectivity index (χ0v) is 19.1. The Balaban J connectivity index is 0.000000362. The number of hydrogen-bond donors (Lipinski definition) is 0. The second-order valence-electron chi connectivity index (χ2n) is 6.88. The standard InChI is InChI=1S/C19H18N2.2F6P/c1-2-20-12-8-18(9-13-20)19-10-14-21(15-11-19)16-17-6-4-3-5-7-17;2*1-7(2,3,4,5)6/h2-15H,1,16H2;;/q+2;2*-1. The van der Waals surface area contributed by atoms with E-state index in [1.165, 1.54) is 16.7 Å². The number of rotatable bonds is 4. The monoisotopic (exact) mass is 564 g/mol. The molecule has 0 unspecified atom stereocenters. The Morgan fingerprint density at radius 1 is 0.571 bits per heavy atom. The molecule has 0 aliphatic heterocycles. The van der Waals surface area contributed by atoms with Crippen molar-refractivity contribution < 1.29 is 59.5 Å². The summed E-state index contributed by atoms with van der Waals surface area (Å²) in [4.78, 5) is 0. The molecule has 0 fully saturated rings. The second kappa shape index (κ2) is 8.74. The Hall–Kier alpha value is -2.72. The summed E-state index contributed by atoms with van der Waals surface area (Å²) in [5.74, 6) is 0. The van der Waals surface area contributed by atoms with E-state index < -0.39 is 15.6 Å². The molecule has 0 aliphatic rings. The normalized spacial score (nSPS) is 15.4. The van der Waals surface area contributed by atoms with Crippen LogP contribution in [0.3, 0.4) is 0 Å². The summed E-state index contributed by atoms with van der Waals surface area (Å²) in [5, 5.41) is 0. The van der Waals surface area contributed by atoms with E-state index in [9.17, 15) is 50.4 Å². The van der Waals surface area contributed by atoms with E-state index in [0.29, 0.717) is 0 Å². The third-order valence-corrected chi connectivity index (χ3v) is 3.50. The van der Waals surface area contributed by atoms with Crippen molar-refractivity contribution in [1.29, 1.82) is 0 Å². The van der Waals surface area contributed by atoms with E-state index in [0.717, 1.165) is 6.54 Å². The summed E-state index contributed by atoms with van der Waals surface area (Å²) in [6.07, 6.45) is 10.0. The number of halogens is 12. The summed E-state index contributed by atoms with van der Waals surface area (Å²) in [6, 6.07) is 19.0. The number of pyridine rings is 2. The molecular formula is C19H18F12N2P2. The van der Waals surface area contributed by atoms with Crippen molar-refractivity contribution in [1.82, 2.24) is 0 Å². The van der Waals surface area contributed by atoms with Crippen molar-refractivity contribution in [3.05, 3.63) is 91.5 Å². The molecule has 2 aromatic heterocycles. The van der Waals surface area contributed by atoms with Crippen LogP contribution in [-0.4, -0.2) is 0 Å². The van der Waals surface area contributed by atoms with Gasteiger partial charge in [0.1, 0.15) is 0 Å². The first-order valence-electron chi connectivity index (χ1n) is 9.05. The maximum atomic E-state index is 9.87.